The zero-order valence-corrected chi connectivity index (χ0v) is 15.4. The monoisotopic (exact) mass is 360 g/mol. The van der Waals surface area contributed by atoms with E-state index in [4.69, 9.17) is 9.26 Å². The SMILES string of the molecule is COc1nc(CNC(=O)Cc2c(C)noc2C)nc(N2CCCCC2)n1. The van der Waals surface area contributed by atoms with Crippen LogP contribution >= 0.6 is 0 Å². The van der Waals surface area contributed by atoms with E-state index in [2.05, 4.69) is 30.3 Å². The number of carbonyl (C=O) groups is 1. The zero-order chi connectivity index (χ0) is 18.5. The minimum Gasteiger partial charge on any atom is -0.467 e. The molecule has 9 heteroatoms. The molecule has 1 amide bonds. The summed E-state index contributed by atoms with van der Waals surface area (Å²) in [4.78, 5) is 27.4. The number of piperidine rings is 1. The van der Waals surface area contributed by atoms with E-state index in [-0.39, 0.29) is 24.9 Å². The molecule has 0 spiro atoms. The van der Waals surface area contributed by atoms with Crippen molar-refractivity contribution < 1.29 is 14.1 Å². The molecule has 0 unspecified atom stereocenters. The second-order valence-electron chi connectivity index (χ2n) is 6.34. The Morgan fingerprint density at radius 2 is 1.96 bits per heavy atom. The minimum atomic E-state index is -0.140. The first-order valence-electron chi connectivity index (χ1n) is 8.79. The fourth-order valence-electron chi connectivity index (χ4n) is 2.95. The lowest BCUT2D eigenvalue weighted by Gasteiger charge is -2.26. The Bertz CT molecular complexity index is 750. The van der Waals surface area contributed by atoms with Crippen LogP contribution in [0.15, 0.2) is 4.52 Å². The Balaban J connectivity index is 1.66. The van der Waals surface area contributed by atoms with Gasteiger partial charge in [0, 0.05) is 18.7 Å². The summed E-state index contributed by atoms with van der Waals surface area (Å²) in [6, 6.07) is 0.260. The molecule has 3 rings (SSSR count). The maximum atomic E-state index is 12.2. The molecule has 1 saturated heterocycles. The van der Waals surface area contributed by atoms with E-state index in [9.17, 15) is 4.79 Å². The first kappa shape index (κ1) is 18.1. The van der Waals surface area contributed by atoms with Gasteiger partial charge in [-0.2, -0.15) is 15.0 Å². The van der Waals surface area contributed by atoms with Gasteiger partial charge in [-0.3, -0.25) is 4.79 Å². The fourth-order valence-corrected chi connectivity index (χ4v) is 2.95. The second kappa shape index (κ2) is 8.11. The quantitative estimate of drug-likeness (QED) is 0.822. The molecule has 2 aromatic heterocycles. The highest BCUT2D eigenvalue weighted by molar-refractivity contribution is 5.78. The first-order chi connectivity index (χ1) is 12.6. The molecule has 2 aromatic rings. The van der Waals surface area contributed by atoms with Crippen LogP contribution in [0.25, 0.3) is 0 Å². The average molecular weight is 360 g/mol. The van der Waals surface area contributed by atoms with Crippen molar-refractivity contribution in [3.05, 3.63) is 22.8 Å². The van der Waals surface area contributed by atoms with Gasteiger partial charge in [0.25, 0.3) is 0 Å². The molecule has 0 aliphatic carbocycles. The standard InChI is InChI=1S/C17H24N6O3/c1-11-13(12(2)26-22-11)9-15(24)18-10-14-19-16(21-17(20-14)25-3)23-7-5-4-6-8-23/h4-10H2,1-3H3,(H,18,24). The molecule has 1 aliphatic heterocycles. The Morgan fingerprint density at radius 1 is 1.19 bits per heavy atom. The highest BCUT2D eigenvalue weighted by Gasteiger charge is 2.18. The molecule has 1 aliphatic rings. The summed E-state index contributed by atoms with van der Waals surface area (Å²) in [7, 11) is 1.52. The number of hydrogen-bond donors (Lipinski definition) is 1. The summed E-state index contributed by atoms with van der Waals surface area (Å²) in [6.45, 7) is 5.67. The van der Waals surface area contributed by atoms with Gasteiger partial charge in [-0.05, 0) is 33.1 Å². The van der Waals surface area contributed by atoms with Gasteiger partial charge in [0.2, 0.25) is 11.9 Å². The number of aromatic nitrogens is 4. The number of carbonyl (C=O) groups excluding carboxylic acids is 1. The summed E-state index contributed by atoms with van der Waals surface area (Å²) in [6.07, 6.45) is 3.68. The van der Waals surface area contributed by atoms with Crippen LogP contribution in [0.2, 0.25) is 0 Å². The third kappa shape index (κ3) is 4.27. The zero-order valence-electron chi connectivity index (χ0n) is 15.4. The number of amides is 1. The molecule has 3 heterocycles. The van der Waals surface area contributed by atoms with Gasteiger partial charge in [0.15, 0.2) is 5.82 Å². The van der Waals surface area contributed by atoms with Crippen LogP contribution in [0, 0.1) is 13.8 Å². The predicted octanol–water partition coefficient (Wildman–Crippen LogP) is 1.33. The smallest absolute Gasteiger partial charge is 0.321 e. The third-order valence-electron chi connectivity index (χ3n) is 4.43. The van der Waals surface area contributed by atoms with E-state index in [1.807, 2.05) is 6.92 Å². The van der Waals surface area contributed by atoms with E-state index in [0.717, 1.165) is 37.2 Å². The molecule has 0 bridgehead atoms. The van der Waals surface area contributed by atoms with E-state index in [1.165, 1.54) is 13.5 Å². The van der Waals surface area contributed by atoms with E-state index in [0.29, 0.717) is 17.5 Å². The normalized spacial score (nSPS) is 14.3. The van der Waals surface area contributed by atoms with Crippen molar-refractivity contribution in [3.8, 4) is 6.01 Å². The Morgan fingerprint density at radius 3 is 2.62 bits per heavy atom. The van der Waals surface area contributed by atoms with Crippen LogP contribution in [-0.2, 0) is 17.8 Å². The number of ether oxygens (including phenoxy) is 1. The molecule has 0 atom stereocenters. The summed E-state index contributed by atoms with van der Waals surface area (Å²) in [5.74, 6) is 1.60. The van der Waals surface area contributed by atoms with Crippen LogP contribution in [0.4, 0.5) is 5.95 Å². The third-order valence-corrected chi connectivity index (χ3v) is 4.43. The Hall–Kier alpha value is -2.71. The maximum absolute atomic E-state index is 12.2. The van der Waals surface area contributed by atoms with Crippen molar-refractivity contribution in [2.75, 3.05) is 25.1 Å². The highest BCUT2D eigenvalue weighted by atomic mass is 16.5. The minimum absolute atomic E-state index is 0.140. The van der Waals surface area contributed by atoms with E-state index >= 15 is 0 Å². The van der Waals surface area contributed by atoms with Crippen molar-refractivity contribution in [3.63, 3.8) is 0 Å². The second-order valence-corrected chi connectivity index (χ2v) is 6.34. The number of nitrogens with one attached hydrogen (secondary N) is 1. The van der Waals surface area contributed by atoms with E-state index in [1.54, 1.807) is 6.92 Å². The summed E-state index contributed by atoms with van der Waals surface area (Å²) in [5, 5.41) is 6.70. The fraction of sp³-hybridized carbons (Fsp3) is 0.588. The van der Waals surface area contributed by atoms with Gasteiger partial charge in [-0.15, -0.1) is 0 Å². The molecule has 0 radical (unpaired) electrons. The van der Waals surface area contributed by atoms with Crippen molar-refractivity contribution in [2.24, 2.45) is 0 Å². The summed E-state index contributed by atoms with van der Waals surface area (Å²) in [5.41, 5.74) is 1.54. The van der Waals surface area contributed by atoms with Crippen molar-refractivity contribution >= 4 is 11.9 Å². The van der Waals surface area contributed by atoms with Gasteiger partial charge >= 0.3 is 6.01 Å². The van der Waals surface area contributed by atoms with Crippen LogP contribution in [0.3, 0.4) is 0 Å². The molecule has 140 valence electrons. The predicted molar refractivity (Wildman–Crippen MR) is 94.0 cm³/mol. The molecule has 1 N–H and O–H groups in total. The van der Waals surface area contributed by atoms with Crippen LogP contribution in [0.1, 0.15) is 42.1 Å². The van der Waals surface area contributed by atoms with Gasteiger partial charge in [-0.25, -0.2) is 0 Å². The maximum Gasteiger partial charge on any atom is 0.321 e. The largest absolute Gasteiger partial charge is 0.467 e. The number of anilines is 1. The first-order valence-corrected chi connectivity index (χ1v) is 8.79. The lowest BCUT2D eigenvalue weighted by Crippen LogP contribution is -2.32. The molecule has 26 heavy (non-hydrogen) atoms. The molecule has 1 fully saturated rings. The lowest BCUT2D eigenvalue weighted by molar-refractivity contribution is -0.120. The van der Waals surface area contributed by atoms with Crippen molar-refractivity contribution in [2.45, 2.75) is 46.1 Å². The Kier molecular flexibility index (Phi) is 5.65. The van der Waals surface area contributed by atoms with Crippen LogP contribution in [0.5, 0.6) is 6.01 Å². The molecular formula is C17H24N6O3. The number of methoxy groups -OCH3 is 1. The number of rotatable bonds is 6. The number of nitrogens with zero attached hydrogens (tertiary/aromatic N) is 5. The summed E-state index contributed by atoms with van der Waals surface area (Å²) < 4.78 is 10.3. The molecule has 0 saturated carbocycles. The van der Waals surface area contributed by atoms with Gasteiger partial charge in [-0.1, -0.05) is 5.16 Å². The number of hydrogen-bond acceptors (Lipinski definition) is 8. The van der Waals surface area contributed by atoms with E-state index < -0.39 is 0 Å². The summed E-state index contributed by atoms with van der Waals surface area (Å²) >= 11 is 0. The average Bonchev–Trinajstić information content (AvgIpc) is 2.98. The Labute approximate surface area is 152 Å². The van der Waals surface area contributed by atoms with Crippen molar-refractivity contribution in [1.82, 2.24) is 25.4 Å². The van der Waals surface area contributed by atoms with Crippen LogP contribution < -0.4 is 15.0 Å². The van der Waals surface area contributed by atoms with Gasteiger partial charge in [0.05, 0.1) is 25.8 Å². The topological polar surface area (TPSA) is 106 Å². The lowest BCUT2D eigenvalue weighted by atomic mass is 10.1. The molecule has 0 aromatic carbocycles. The van der Waals surface area contributed by atoms with Gasteiger partial charge in [0.1, 0.15) is 5.76 Å². The highest BCUT2D eigenvalue weighted by Crippen LogP contribution is 2.18. The van der Waals surface area contributed by atoms with Crippen molar-refractivity contribution in [1.29, 1.82) is 0 Å². The molecular weight excluding hydrogens is 336 g/mol. The van der Waals surface area contributed by atoms with Crippen LogP contribution in [-0.4, -0.2) is 46.2 Å². The number of aryl methyl sites for hydroxylation is 2. The van der Waals surface area contributed by atoms with Gasteiger partial charge < -0.3 is 19.5 Å². The molecule has 9 nitrogen and oxygen atoms in total.